The molecule has 15 atom stereocenters. The van der Waals surface area contributed by atoms with Gasteiger partial charge in [-0.25, -0.2) is 15.4 Å². The quantitative estimate of drug-likeness (QED) is 0.0169. The topological polar surface area (TPSA) is 330 Å². The Kier molecular flexibility index (Phi) is 20.3. The number of aliphatic hydroxyl groups excluding tert-OH is 5. The van der Waals surface area contributed by atoms with Crippen molar-refractivity contribution in [3.63, 3.8) is 0 Å². The number of nitrogens with two attached hydrogens (primary N) is 1. The average molecular weight is 1050 g/mol. The summed E-state index contributed by atoms with van der Waals surface area (Å²) in [6.45, 7) is 6.69. The summed E-state index contributed by atoms with van der Waals surface area (Å²) in [5.74, 6) is 2.60. The molecule has 4 fully saturated rings. The maximum Gasteiger partial charge on any atom is 0.338 e. The van der Waals surface area contributed by atoms with Gasteiger partial charge in [0.05, 0.1) is 46.6 Å². The van der Waals surface area contributed by atoms with Crippen molar-refractivity contribution in [2.24, 2.45) is 28.6 Å². The summed E-state index contributed by atoms with van der Waals surface area (Å²) in [6, 6.07) is 14.3. The van der Waals surface area contributed by atoms with E-state index < -0.39 is 115 Å². The number of allylic oxidation sites excluding steroid dienone is 1. The SMILES string of the molecule is C=N/C(=C\N(N)Cn1ccc2cc([N+](=O)[O-])ccc21)CCCCNC(=O)C1CC(C)C(O[C@@H]2OC(C)[C@@H](O)C(O)C2O)[C@H](O[C@@H]2OC(CO)[C@H](O)C(O[C@@H](CC3CCCCC3)C(=O)O)C2OC(=O)c2ccccc2)C1. The number of aliphatic imine (C=N–C) groups is 1. The van der Waals surface area contributed by atoms with Crippen molar-refractivity contribution in [1.82, 2.24) is 14.9 Å². The van der Waals surface area contributed by atoms with E-state index in [2.05, 4.69) is 17.0 Å². The molecule has 2 saturated carbocycles. The largest absolute Gasteiger partial charge is 0.479 e. The molecule has 2 aliphatic carbocycles. The van der Waals surface area contributed by atoms with Crippen molar-refractivity contribution in [3.8, 4) is 0 Å². The summed E-state index contributed by atoms with van der Waals surface area (Å²) in [7, 11) is 0. The van der Waals surface area contributed by atoms with Crippen molar-refractivity contribution in [2.45, 2.75) is 171 Å². The fraction of sp³-hybridized carbons (Fsp3) is 0.615. The van der Waals surface area contributed by atoms with Gasteiger partial charge in [0, 0.05) is 42.4 Å². The number of hydrogen-bond acceptors (Lipinski definition) is 19. The van der Waals surface area contributed by atoms with E-state index in [1.165, 1.54) is 36.2 Å². The fourth-order valence-electron chi connectivity index (χ4n) is 10.6. The Bertz CT molecular complexity index is 2420. The highest BCUT2D eigenvalue weighted by molar-refractivity contribution is 5.89. The number of aliphatic carboxylic acids is 1. The van der Waals surface area contributed by atoms with Gasteiger partial charge >= 0.3 is 11.9 Å². The van der Waals surface area contributed by atoms with Gasteiger partial charge in [-0.3, -0.25) is 24.9 Å². The summed E-state index contributed by atoms with van der Waals surface area (Å²) in [6.07, 6.45) is -9.09. The number of carbonyl (C=O) groups is 3. The number of non-ortho nitro benzene ring substituents is 1. The van der Waals surface area contributed by atoms with Gasteiger partial charge in [-0.15, -0.1) is 0 Å². The lowest BCUT2D eigenvalue weighted by Crippen LogP contribution is -2.64. The first-order valence-corrected chi connectivity index (χ1v) is 25.7. The number of hydrazine groups is 1. The van der Waals surface area contributed by atoms with Gasteiger partial charge in [-0.05, 0) is 88.3 Å². The molecule has 4 aliphatic rings. The Morgan fingerprint density at radius 2 is 1.69 bits per heavy atom. The number of aromatic nitrogens is 1. The lowest BCUT2D eigenvalue weighted by Gasteiger charge is -2.48. The van der Waals surface area contributed by atoms with E-state index in [4.69, 9.17) is 34.3 Å². The summed E-state index contributed by atoms with van der Waals surface area (Å²) >= 11 is 0. The molecule has 1 aromatic heterocycles. The van der Waals surface area contributed by atoms with Gasteiger partial charge in [0.1, 0.15) is 43.3 Å². The number of nitro groups is 1. The molecule has 412 valence electrons. The standard InChI is InChI=1S/C52H72N6O17/c1-29-22-34(48(64)55-20-11-10-16-35(54-3)26-57(53)28-56-21-19-33-24-36(58(68)69)17-18-37(33)56)25-38(45(29)75-51-44(63)43(62)41(60)30(2)70-51)72-52-47(74-50(67)32-14-8-5-9-15-32)46(42(61)40(27-59)73-52)71-39(49(65)66)23-31-12-6-4-7-13-31/h5,8-9,14-15,17-19,21,24,26,29-31,34,38-47,51-52,59-63H,3-4,6-7,10-13,16,20,22-23,25,27-28,53H2,1-2H3,(H,55,64)(H,65,66)/b35-26-/t29?,30?,34?,38-,39+,40?,41-,42+,43?,44?,45?,46?,47?,51+,52-/m1/s1. The van der Waals surface area contributed by atoms with E-state index in [9.17, 15) is 55.1 Å². The van der Waals surface area contributed by atoms with Crippen molar-refractivity contribution in [1.29, 1.82) is 0 Å². The predicted octanol–water partition coefficient (Wildman–Crippen LogP) is 3.27. The molecule has 2 aromatic carbocycles. The zero-order valence-electron chi connectivity index (χ0n) is 42.2. The van der Waals surface area contributed by atoms with Gasteiger partial charge in [0.2, 0.25) is 5.91 Å². The van der Waals surface area contributed by atoms with Crippen LogP contribution in [0.15, 0.2) is 77.7 Å². The number of benzene rings is 2. The van der Waals surface area contributed by atoms with Crippen LogP contribution in [0.2, 0.25) is 0 Å². The Morgan fingerprint density at radius 1 is 0.947 bits per heavy atom. The highest BCUT2D eigenvalue weighted by atomic mass is 16.7. The Hall–Kier alpha value is -5.44. The van der Waals surface area contributed by atoms with E-state index in [-0.39, 0.29) is 55.6 Å². The molecule has 1 amide bonds. The number of nitrogens with one attached hydrogen (secondary N) is 1. The number of fused-ring (bicyclic) bond motifs is 1. The van der Waals surface area contributed by atoms with Gasteiger partial charge in [0.25, 0.3) is 5.69 Å². The number of nitrogens with zero attached hydrogens (tertiary/aromatic N) is 4. The fourth-order valence-corrected chi connectivity index (χ4v) is 10.6. The minimum absolute atomic E-state index is 0.0162. The van der Waals surface area contributed by atoms with E-state index in [0.717, 1.165) is 37.6 Å². The zero-order valence-corrected chi connectivity index (χ0v) is 42.2. The monoisotopic (exact) mass is 1050 g/mol. The number of amides is 1. The zero-order chi connectivity index (χ0) is 53.9. The minimum Gasteiger partial charge on any atom is -0.479 e. The third-order valence-electron chi connectivity index (χ3n) is 14.8. The number of hydrogen-bond donors (Lipinski definition) is 8. The molecule has 7 rings (SSSR count). The first-order chi connectivity index (χ1) is 36.0. The van der Waals surface area contributed by atoms with E-state index >= 15 is 0 Å². The van der Waals surface area contributed by atoms with Crippen LogP contribution >= 0.6 is 0 Å². The Balaban J connectivity index is 1.07. The first-order valence-electron chi connectivity index (χ1n) is 25.7. The summed E-state index contributed by atoms with van der Waals surface area (Å²) in [5.41, 5.74) is 1.45. The van der Waals surface area contributed by atoms with Crippen LogP contribution < -0.4 is 11.2 Å². The van der Waals surface area contributed by atoms with Crippen LogP contribution in [0.3, 0.4) is 0 Å². The number of ether oxygens (including phenoxy) is 6. The van der Waals surface area contributed by atoms with E-state index in [1.807, 2.05) is 4.57 Å². The number of aliphatic hydroxyl groups is 5. The van der Waals surface area contributed by atoms with Crippen LogP contribution in [0.5, 0.6) is 0 Å². The van der Waals surface area contributed by atoms with E-state index in [1.54, 1.807) is 49.7 Å². The number of carbonyl (C=O) groups excluding carboxylic acids is 2. The number of esters is 1. The number of carboxylic acid groups (broad SMARTS) is 1. The summed E-state index contributed by atoms with van der Waals surface area (Å²) in [5, 5.41) is 81.3. The molecule has 3 heterocycles. The lowest BCUT2D eigenvalue weighted by atomic mass is 9.77. The molecule has 3 aromatic rings. The third kappa shape index (κ3) is 14.5. The highest BCUT2D eigenvalue weighted by Gasteiger charge is 2.54. The maximum absolute atomic E-state index is 14.1. The molecule has 2 aliphatic heterocycles. The second-order valence-electron chi connectivity index (χ2n) is 20.2. The molecule has 0 bridgehead atoms. The first kappa shape index (κ1) is 57.3. The average Bonchev–Trinajstić information content (AvgIpc) is 3.80. The highest BCUT2D eigenvalue weighted by Crippen LogP contribution is 2.39. The Labute approximate surface area is 434 Å². The molecule has 0 spiro atoms. The molecule has 23 nitrogen and oxygen atoms in total. The molecular weight excluding hydrogens is 981 g/mol. The normalized spacial score (nSPS) is 31.1. The van der Waals surface area contributed by atoms with Crippen molar-refractivity contribution in [3.05, 3.63) is 88.4 Å². The molecule has 23 heteroatoms. The predicted molar refractivity (Wildman–Crippen MR) is 268 cm³/mol. The van der Waals surface area contributed by atoms with Crippen molar-refractivity contribution >= 4 is 41.2 Å². The van der Waals surface area contributed by atoms with Gasteiger partial charge in [-0.2, -0.15) is 0 Å². The second-order valence-corrected chi connectivity index (χ2v) is 20.2. The molecule has 2 saturated heterocycles. The molecule has 9 unspecified atom stereocenters. The molecule has 75 heavy (non-hydrogen) atoms. The number of carboxylic acids is 1. The van der Waals surface area contributed by atoms with Crippen LogP contribution in [-0.4, -0.2) is 163 Å². The minimum atomic E-state index is -1.71. The van der Waals surface area contributed by atoms with Gasteiger partial charge in [-0.1, -0.05) is 57.2 Å². The third-order valence-corrected chi connectivity index (χ3v) is 14.8. The number of unbranched alkanes of at least 4 members (excludes halogenated alkanes) is 1. The number of nitro benzene ring substituents is 1. The van der Waals surface area contributed by atoms with Gasteiger partial charge < -0.3 is 68.9 Å². The maximum atomic E-state index is 14.1. The van der Waals surface area contributed by atoms with Crippen molar-refractivity contribution < 1.29 is 78.4 Å². The van der Waals surface area contributed by atoms with Gasteiger partial charge in [0.15, 0.2) is 24.8 Å². The Morgan fingerprint density at radius 3 is 2.39 bits per heavy atom. The van der Waals surface area contributed by atoms with Crippen LogP contribution in [0, 0.1) is 27.9 Å². The van der Waals surface area contributed by atoms with Crippen LogP contribution in [0.25, 0.3) is 10.9 Å². The summed E-state index contributed by atoms with van der Waals surface area (Å²) in [4.78, 5) is 55.7. The van der Waals surface area contributed by atoms with Crippen LogP contribution in [0.4, 0.5) is 5.69 Å². The molecular formula is C52H72N6O17. The molecule has 0 radical (unpaired) electrons. The lowest BCUT2D eigenvalue weighted by molar-refractivity contribution is -0.384. The van der Waals surface area contributed by atoms with Crippen molar-refractivity contribution in [2.75, 3.05) is 13.2 Å². The number of rotatable bonds is 23. The smallest absolute Gasteiger partial charge is 0.338 e. The summed E-state index contributed by atoms with van der Waals surface area (Å²) < 4.78 is 39.3. The molecule has 9 N–H and O–H groups in total. The second kappa shape index (κ2) is 26.6. The van der Waals surface area contributed by atoms with Crippen LogP contribution in [-0.2, 0) is 44.7 Å². The van der Waals surface area contributed by atoms with E-state index in [0.29, 0.717) is 30.3 Å². The van der Waals surface area contributed by atoms with Crippen LogP contribution in [0.1, 0.15) is 94.8 Å².